The van der Waals surface area contributed by atoms with Crippen LogP contribution < -0.4 is 4.90 Å². The van der Waals surface area contributed by atoms with E-state index in [0.29, 0.717) is 13.1 Å². The molecule has 1 saturated heterocycles. The molecule has 24 heavy (non-hydrogen) atoms. The first kappa shape index (κ1) is 17.5. The third kappa shape index (κ3) is 4.03. The molecule has 0 unspecified atom stereocenters. The fourth-order valence-electron chi connectivity index (χ4n) is 2.89. The third-order valence-electron chi connectivity index (χ3n) is 4.23. The van der Waals surface area contributed by atoms with E-state index in [1.165, 1.54) is 33.0 Å². The van der Waals surface area contributed by atoms with E-state index < -0.39 is 15.8 Å². The molecule has 0 bridgehead atoms. The van der Waals surface area contributed by atoms with E-state index in [4.69, 9.17) is 0 Å². The van der Waals surface area contributed by atoms with Crippen molar-refractivity contribution in [3.63, 3.8) is 0 Å². The van der Waals surface area contributed by atoms with Gasteiger partial charge in [0.2, 0.25) is 10.0 Å². The molecule has 1 fully saturated rings. The average Bonchev–Trinajstić information content (AvgIpc) is 2.57. The predicted molar refractivity (Wildman–Crippen MR) is 93.7 cm³/mol. The quantitative estimate of drug-likeness (QED) is 0.828. The monoisotopic (exact) mass is 413 g/mol. The van der Waals surface area contributed by atoms with Crippen LogP contribution in [0.2, 0.25) is 0 Å². The second-order valence-electron chi connectivity index (χ2n) is 5.91. The minimum absolute atomic E-state index is 0.0267. The lowest BCUT2D eigenvalue weighted by Crippen LogP contribution is -3.13. The summed E-state index contributed by atoms with van der Waals surface area (Å²) in [5.41, 5.74) is 1.23. The van der Waals surface area contributed by atoms with Gasteiger partial charge in [0.05, 0.1) is 31.1 Å². The van der Waals surface area contributed by atoms with Crippen LogP contribution in [-0.2, 0) is 16.6 Å². The highest BCUT2D eigenvalue weighted by Gasteiger charge is 2.30. The normalized spacial score (nSPS) is 17.1. The summed E-state index contributed by atoms with van der Waals surface area (Å²) < 4.78 is 41.0. The lowest BCUT2D eigenvalue weighted by molar-refractivity contribution is -0.917. The van der Waals surface area contributed by atoms with Gasteiger partial charge in [0, 0.05) is 10.0 Å². The summed E-state index contributed by atoms with van der Waals surface area (Å²) in [4.78, 5) is 1.38. The molecule has 0 aromatic heterocycles. The topological polar surface area (TPSA) is 41.8 Å². The molecular formula is C17H19BrFN2O2S+. The number of nitrogens with zero attached hydrogens (tertiary/aromatic N) is 1. The highest BCUT2D eigenvalue weighted by molar-refractivity contribution is 9.10. The standard InChI is InChI=1S/C17H18BrFN2O2S/c18-15-6-4-14(5-7-15)13-20-8-10-21(11-9-20)24(22,23)17-3-1-2-16(19)12-17/h1-7,12H,8-11,13H2/p+1. The number of hydrogen-bond acceptors (Lipinski definition) is 2. The molecule has 1 aliphatic rings. The van der Waals surface area contributed by atoms with E-state index in [1.807, 2.05) is 12.1 Å². The van der Waals surface area contributed by atoms with Gasteiger partial charge in [-0.15, -0.1) is 0 Å². The Balaban J connectivity index is 1.63. The number of nitrogens with one attached hydrogen (secondary N) is 1. The first-order valence-electron chi connectivity index (χ1n) is 7.79. The van der Waals surface area contributed by atoms with Crippen LogP contribution in [0.25, 0.3) is 0 Å². The van der Waals surface area contributed by atoms with Gasteiger partial charge in [-0.1, -0.05) is 34.1 Å². The summed E-state index contributed by atoms with van der Waals surface area (Å²) >= 11 is 3.42. The van der Waals surface area contributed by atoms with Gasteiger partial charge in [-0.05, 0) is 30.3 Å². The fraction of sp³-hybridized carbons (Fsp3) is 0.294. The Morgan fingerprint density at radius 2 is 1.75 bits per heavy atom. The second kappa shape index (κ2) is 7.31. The Morgan fingerprint density at radius 1 is 1.08 bits per heavy atom. The van der Waals surface area contributed by atoms with Crippen molar-refractivity contribution >= 4 is 26.0 Å². The number of halogens is 2. The van der Waals surface area contributed by atoms with Crippen LogP contribution >= 0.6 is 15.9 Å². The van der Waals surface area contributed by atoms with Crippen LogP contribution in [0.3, 0.4) is 0 Å². The number of hydrogen-bond donors (Lipinski definition) is 1. The minimum atomic E-state index is -3.61. The summed E-state index contributed by atoms with van der Waals surface area (Å²) in [7, 11) is -3.61. The first-order chi connectivity index (χ1) is 11.4. The Labute approximate surface area is 150 Å². The lowest BCUT2D eigenvalue weighted by Gasteiger charge is -2.31. The van der Waals surface area contributed by atoms with Crippen LogP contribution in [0.4, 0.5) is 4.39 Å². The Hall–Kier alpha value is -1.28. The van der Waals surface area contributed by atoms with Crippen molar-refractivity contribution < 1.29 is 17.7 Å². The van der Waals surface area contributed by atoms with Crippen molar-refractivity contribution in [3.8, 4) is 0 Å². The maximum absolute atomic E-state index is 13.3. The molecule has 0 saturated carbocycles. The number of rotatable bonds is 4. The molecule has 2 aromatic carbocycles. The smallest absolute Gasteiger partial charge is 0.243 e. The van der Waals surface area contributed by atoms with Crippen molar-refractivity contribution in [2.24, 2.45) is 0 Å². The zero-order valence-electron chi connectivity index (χ0n) is 13.1. The number of quaternary nitrogens is 1. The van der Waals surface area contributed by atoms with Crippen molar-refractivity contribution in [1.29, 1.82) is 0 Å². The Morgan fingerprint density at radius 3 is 2.38 bits per heavy atom. The van der Waals surface area contributed by atoms with Crippen LogP contribution in [0.5, 0.6) is 0 Å². The van der Waals surface area contributed by atoms with Gasteiger partial charge in [0.1, 0.15) is 12.4 Å². The Kier molecular flexibility index (Phi) is 5.34. The van der Waals surface area contributed by atoms with E-state index in [2.05, 4.69) is 28.1 Å². The summed E-state index contributed by atoms with van der Waals surface area (Å²) in [5.74, 6) is -0.532. The van der Waals surface area contributed by atoms with E-state index >= 15 is 0 Å². The molecule has 0 atom stereocenters. The zero-order valence-corrected chi connectivity index (χ0v) is 15.5. The van der Waals surface area contributed by atoms with Gasteiger partial charge in [0.15, 0.2) is 0 Å². The van der Waals surface area contributed by atoms with Crippen LogP contribution in [0.15, 0.2) is 57.9 Å². The molecule has 3 rings (SSSR count). The van der Waals surface area contributed by atoms with Crippen LogP contribution in [-0.4, -0.2) is 38.9 Å². The number of benzene rings is 2. The molecule has 1 N–H and O–H groups in total. The second-order valence-corrected chi connectivity index (χ2v) is 8.77. The molecule has 128 valence electrons. The minimum Gasteiger partial charge on any atom is -0.329 e. The molecule has 4 nitrogen and oxygen atoms in total. The molecular weight excluding hydrogens is 395 g/mol. The fourth-order valence-corrected chi connectivity index (χ4v) is 4.62. The van der Waals surface area contributed by atoms with Crippen molar-refractivity contribution in [2.45, 2.75) is 11.4 Å². The molecule has 0 aliphatic carbocycles. The molecule has 2 aromatic rings. The van der Waals surface area contributed by atoms with Gasteiger partial charge in [-0.25, -0.2) is 12.8 Å². The lowest BCUT2D eigenvalue weighted by atomic mass is 10.2. The summed E-state index contributed by atoms with van der Waals surface area (Å²) in [6, 6.07) is 13.4. The van der Waals surface area contributed by atoms with Gasteiger partial charge >= 0.3 is 0 Å². The largest absolute Gasteiger partial charge is 0.329 e. The highest BCUT2D eigenvalue weighted by atomic mass is 79.9. The molecule has 7 heteroatoms. The van der Waals surface area contributed by atoms with Crippen LogP contribution in [0.1, 0.15) is 5.56 Å². The van der Waals surface area contributed by atoms with Crippen LogP contribution in [0, 0.1) is 5.82 Å². The van der Waals surface area contributed by atoms with Crippen molar-refractivity contribution in [1.82, 2.24) is 4.31 Å². The molecule has 0 radical (unpaired) electrons. The molecule has 1 aliphatic heterocycles. The van der Waals surface area contributed by atoms with Gasteiger partial charge in [0.25, 0.3) is 0 Å². The van der Waals surface area contributed by atoms with Gasteiger partial charge in [-0.2, -0.15) is 4.31 Å². The average molecular weight is 414 g/mol. The van der Waals surface area contributed by atoms with Gasteiger partial charge < -0.3 is 4.90 Å². The van der Waals surface area contributed by atoms with Gasteiger partial charge in [-0.3, -0.25) is 0 Å². The highest BCUT2D eigenvalue weighted by Crippen LogP contribution is 2.16. The summed E-state index contributed by atoms with van der Waals surface area (Å²) in [5, 5.41) is 0. The SMILES string of the molecule is O=S(=O)(c1cccc(F)c1)N1CC[NH+](Cc2ccc(Br)cc2)CC1. The van der Waals surface area contributed by atoms with Crippen molar-refractivity contribution in [3.05, 3.63) is 64.4 Å². The Bertz CT molecular complexity index is 804. The van der Waals surface area contributed by atoms with E-state index in [9.17, 15) is 12.8 Å². The first-order valence-corrected chi connectivity index (χ1v) is 10.0. The van der Waals surface area contributed by atoms with E-state index in [1.54, 1.807) is 0 Å². The zero-order chi connectivity index (χ0) is 17.2. The van der Waals surface area contributed by atoms with Crippen molar-refractivity contribution in [2.75, 3.05) is 26.2 Å². The summed E-state index contributed by atoms with van der Waals surface area (Å²) in [6.45, 7) is 3.26. The maximum Gasteiger partial charge on any atom is 0.243 e. The molecule has 1 heterocycles. The van der Waals surface area contributed by atoms with E-state index in [0.717, 1.165) is 30.2 Å². The number of piperazine rings is 1. The number of sulfonamides is 1. The maximum atomic E-state index is 13.3. The molecule has 0 spiro atoms. The molecule has 0 amide bonds. The van der Waals surface area contributed by atoms with E-state index in [-0.39, 0.29) is 4.90 Å². The summed E-state index contributed by atoms with van der Waals surface area (Å²) in [6.07, 6.45) is 0. The predicted octanol–water partition coefficient (Wildman–Crippen LogP) is 1.68. The third-order valence-corrected chi connectivity index (χ3v) is 6.65.